The van der Waals surface area contributed by atoms with Gasteiger partial charge in [0.05, 0.1) is 12.0 Å². The molecule has 0 fully saturated rings. The maximum Gasteiger partial charge on any atom is 0.127 e. The van der Waals surface area contributed by atoms with Crippen LogP contribution in [0.25, 0.3) is 0 Å². The van der Waals surface area contributed by atoms with Crippen LogP contribution in [0.5, 0.6) is 5.75 Å². The highest BCUT2D eigenvalue weighted by molar-refractivity contribution is 9.10. The van der Waals surface area contributed by atoms with Crippen LogP contribution < -0.4 is 4.74 Å². The maximum absolute atomic E-state index is 6.67. The zero-order valence-electron chi connectivity index (χ0n) is 11.3. The summed E-state index contributed by atoms with van der Waals surface area (Å²) in [5.41, 5.74) is 4.92. The van der Waals surface area contributed by atoms with E-state index in [1.165, 1.54) is 16.7 Å². The quantitative estimate of drug-likeness (QED) is 0.689. The molecule has 0 saturated heterocycles. The molecule has 0 aromatic heterocycles. The van der Waals surface area contributed by atoms with Crippen LogP contribution in [-0.4, -0.2) is 6.61 Å². The molecule has 2 aromatic rings. The molecule has 104 valence electrons. The summed E-state index contributed by atoms with van der Waals surface area (Å²) in [5.74, 6) is 0.988. The average molecular weight is 352 g/mol. The molecule has 2 aromatic carbocycles. The van der Waals surface area contributed by atoms with Gasteiger partial charge in [-0.25, -0.2) is 0 Å². The standard InChI is InChI=1S/C17H16BrClO/c1-11-4-2-3-5-12(11)9-16(19)15-10-14(18)8-13-6-7-20-17(13)15/h2-5,8,10,16H,6-7,9H2,1H3. The fourth-order valence-electron chi connectivity index (χ4n) is 2.67. The summed E-state index contributed by atoms with van der Waals surface area (Å²) < 4.78 is 6.84. The van der Waals surface area contributed by atoms with Crippen molar-refractivity contribution < 1.29 is 4.74 Å². The molecular weight excluding hydrogens is 336 g/mol. The Kier molecular flexibility index (Phi) is 4.04. The number of halogens is 2. The highest BCUT2D eigenvalue weighted by Crippen LogP contribution is 2.40. The monoisotopic (exact) mass is 350 g/mol. The van der Waals surface area contributed by atoms with E-state index in [1.807, 2.05) is 0 Å². The van der Waals surface area contributed by atoms with Gasteiger partial charge in [0.2, 0.25) is 0 Å². The zero-order valence-corrected chi connectivity index (χ0v) is 13.7. The topological polar surface area (TPSA) is 9.23 Å². The first-order chi connectivity index (χ1) is 9.65. The molecule has 0 amide bonds. The van der Waals surface area contributed by atoms with Crippen molar-refractivity contribution in [2.24, 2.45) is 0 Å². The minimum absolute atomic E-state index is 0.0690. The van der Waals surface area contributed by atoms with Gasteiger partial charge in [-0.3, -0.25) is 0 Å². The van der Waals surface area contributed by atoms with Crippen LogP contribution in [0.3, 0.4) is 0 Å². The molecule has 0 radical (unpaired) electrons. The average Bonchev–Trinajstić information content (AvgIpc) is 2.88. The fourth-order valence-corrected chi connectivity index (χ4v) is 3.52. The second-order valence-electron chi connectivity index (χ2n) is 5.18. The first-order valence-electron chi connectivity index (χ1n) is 6.79. The van der Waals surface area contributed by atoms with E-state index >= 15 is 0 Å². The molecular formula is C17H16BrClO. The van der Waals surface area contributed by atoms with E-state index in [1.54, 1.807) is 0 Å². The number of hydrogen-bond acceptors (Lipinski definition) is 1. The van der Waals surface area contributed by atoms with Gasteiger partial charge >= 0.3 is 0 Å². The van der Waals surface area contributed by atoms with Crippen LogP contribution in [0.4, 0.5) is 0 Å². The SMILES string of the molecule is Cc1ccccc1CC(Cl)c1cc(Br)cc2c1OCC2. The molecule has 3 heteroatoms. The number of benzene rings is 2. The smallest absolute Gasteiger partial charge is 0.127 e. The molecule has 1 nitrogen and oxygen atoms in total. The van der Waals surface area contributed by atoms with Crippen molar-refractivity contribution in [3.8, 4) is 5.75 Å². The van der Waals surface area contributed by atoms with Gasteiger partial charge in [-0.15, -0.1) is 11.6 Å². The van der Waals surface area contributed by atoms with Crippen molar-refractivity contribution in [2.45, 2.75) is 25.1 Å². The molecule has 3 rings (SSSR count). The lowest BCUT2D eigenvalue weighted by atomic mass is 9.98. The van der Waals surface area contributed by atoms with E-state index in [9.17, 15) is 0 Å². The lowest BCUT2D eigenvalue weighted by molar-refractivity contribution is 0.353. The Morgan fingerprint density at radius 1 is 1.30 bits per heavy atom. The van der Waals surface area contributed by atoms with E-state index in [0.717, 1.165) is 35.2 Å². The highest BCUT2D eigenvalue weighted by Gasteiger charge is 2.22. The van der Waals surface area contributed by atoms with Crippen LogP contribution in [0.1, 0.15) is 27.6 Å². The number of aryl methyl sites for hydroxylation is 1. The van der Waals surface area contributed by atoms with E-state index in [0.29, 0.717) is 0 Å². The first-order valence-corrected chi connectivity index (χ1v) is 8.02. The molecule has 20 heavy (non-hydrogen) atoms. The van der Waals surface area contributed by atoms with Crippen LogP contribution >= 0.6 is 27.5 Å². The Bertz CT molecular complexity index is 639. The molecule has 1 heterocycles. The van der Waals surface area contributed by atoms with Crippen molar-refractivity contribution in [3.63, 3.8) is 0 Å². The fraction of sp³-hybridized carbons (Fsp3) is 0.294. The Balaban J connectivity index is 1.92. The zero-order chi connectivity index (χ0) is 14.1. The molecule has 1 unspecified atom stereocenters. The molecule has 0 bridgehead atoms. The minimum Gasteiger partial charge on any atom is -0.493 e. The summed E-state index contributed by atoms with van der Waals surface area (Å²) in [6.07, 6.45) is 1.79. The lowest BCUT2D eigenvalue weighted by Gasteiger charge is -2.15. The number of fused-ring (bicyclic) bond motifs is 1. The third-order valence-electron chi connectivity index (χ3n) is 3.77. The Hall–Kier alpha value is -0.990. The summed E-state index contributed by atoms with van der Waals surface area (Å²) in [6.45, 7) is 2.88. The van der Waals surface area contributed by atoms with Gasteiger partial charge in [-0.1, -0.05) is 40.2 Å². The highest BCUT2D eigenvalue weighted by atomic mass is 79.9. The largest absolute Gasteiger partial charge is 0.493 e. The van der Waals surface area contributed by atoms with Gasteiger partial charge < -0.3 is 4.74 Å². The Morgan fingerprint density at radius 3 is 2.90 bits per heavy atom. The van der Waals surface area contributed by atoms with E-state index < -0.39 is 0 Å². The molecule has 1 aliphatic rings. The van der Waals surface area contributed by atoms with Gasteiger partial charge in [0.15, 0.2) is 0 Å². The third kappa shape index (κ3) is 2.72. The number of hydrogen-bond donors (Lipinski definition) is 0. The van der Waals surface area contributed by atoms with Gasteiger partial charge in [0, 0.05) is 16.5 Å². The number of ether oxygens (including phenoxy) is 1. The Morgan fingerprint density at radius 2 is 2.10 bits per heavy atom. The molecule has 1 aliphatic heterocycles. The van der Waals surface area contributed by atoms with Crippen LogP contribution in [0, 0.1) is 6.92 Å². The summed E-state index contributed by atoms with van der Waals surface area (Å²) in [5, 5.41) is -0.0690. The van der Waals surface area contributed by atoms with Crippen molar-refractivity contribution in [2.75, 3.05) is 6.61 Å². The van der Waals surface area contributed by atoms with E-state index in [-0.39, 0.29) is 5.38 Å². The first kappa shape index (κ1) is 14.0. The number of rotatable bonds is 3. The maximum atomic E-state index is 6.67. The van der Waals surface area contributed by atoms with Gasteiger partial charge in [0.1, 0.15) is 5.75 Å². The lowest BCUT2D eigenvalue weighted by Crippen LogP contribution is -2.00. The van der Waals surface area contributed by atoms with Crippen molar-refractivity contribution >= 4 is 27.5 Å². The van der Waals surface area contributed by atoms with Crippen molar-refractivity contribution in [1.82, 2.24) is 0 Å². The Labute approximate surface area is 133 Å². The van der Waals surface area contributed by atoms with Crippen molar-refractivity contribution in [3.05, 3.63) is 63.1 Å². The summed E-state index contributed by atoms with van der Waals surface area (Å²) in [4.78, 5) is 0. The van der Waals surface area contributed by atoms with Gasteiger partial charge in [-0.2, -0.15) is 0 Å². The summed E-state index contributed by atoms with van der Waals surface area (Å²) in [6, 6.07) is 12.6. The molecule has 0 saturated carbocycles. The molecule has 0 N–H and O–H groups in total. The minimum atomic E-state index is -0.0690. The van der Waals surface area contributed by atoms with Crippen LogP contribution in [-0.2, 0) is 12.8 Å². The van der Waals surface area contributed by atoms with E-state index in [4.69, 9.17) is 16.3 Å². The van der Waals surface area contributed by atoms with E-state index in [2.05, 4.69) is 59.3 Å². The second-order valence-corrected chi connectivity index (χ2v) is 6.62. The van der Waals surface area contributed by atoms with Gasteiger partial charge in [-0.05, 0) is 42.2 Å². The molecule has 0 aliphatic carbocycles. The van der Waals surface area contributed by atoms with Gasteiger partial charge in [0.25, 0.3) is 0 Å². The van der Waals surface area contributed by atoms with Crippen molar-refractivity contribution in [1.29, 1.82) is 0 Å². The summed E-state index contributed by atoms with van der Waals surface area (Å²) >= 11 is 10.2. The van der Waals surface area contributed by atoms with Crippen LogP contribution in [0.15, 0.2) is 40.9 Å². The molecule has 0 spiro atoms. The normalized spacial score (nSPS) is 14.8. The van der Waals surface area contributed by atoms with Crippen LogP contribution in [0.2, 0.25) is 0 Å². The number of alkyl halides is 1. The summed E-state index contributed by atoms with van der Waals surface area (Å²) in [7, 11) is 0. The molecule has 1 atom stereocenters. The predicted octanol–water partition coefficient (Wildman–Crippen LogP) is 5.22. The third-order valence-corrected chi connectivity index (χ3v) is 4.62. The second kappa shape index (κ2) is 5.79. The predicted molar refractivity (Wildman–Crippen MR) is 86.8 cm³/mol.